The van der Waals surface area contributed by atoms with Crippen molar-refractivity contribution in [1.82, 2.24) is 9.78 Å². The highest BCUT2D eigenvalue weighted by atomic mass is 35.5. The Morgan fingerprint density at radius 3 is 2.44 bits per heavy atom. The molecule has 4 nitrogen and oxygen atoms in total. The first-order chi connectivity index (χ1) is 7.59. The van der Waals surface area contributed by atoms with E-state index in [2.05, 4.69) is 5.10 Å². The zero-order valence-electron chi connectivity index (χ0n) is 7.89. The van der Waals surface area contributed by atoms with E-state index in [1.807, 2.05) is 0 Å². The number of carbonyl (C=O) groups is 1. The molecule has 82 valence electrons. The first kappa shape index (κ1) is 11.0. The summed E-state index contributed by atoms with van der Waals surface area (Å²) in [5.74, 6) is -1.05. The maximum absolute atomic E-state index is 10.7. The zero-order valence-corrected chi connectivity index (χ0v) is 9.40. The Labute approximate surface area is 101 Å². The van der Waals surface area contributed by atoms with Gasteiger partial charge in [-0.15, -0.1) is 0 Å². The molecule has 0 spiro atoms. The van der Waals surface area contributed by atoms with Gasteiger partial charge in [0.1, 0.15) is 5.69 Å². The molecule has 0 amide bonds. The summed E-state index contributed by atoms with van der Waals surface area (Å²) < 4.78 is 1.34. The number of benzene rings is 1. The van der Waals surface area contributed by atoms with Gasteiger partial charge in [-0.2, -0.15) is 5.10 Å². The van der Waals surface area contributed by atoms with Crippen molar-refractivity contribution >= 4 is 29.2 Å². The number of nitrogens with zero attached hydrogens (tertiary/aromatic N) is 2. The second-order valence-corrected chi connectivity index (χ2v) is 3.86. The van der Waals surface area contributed by atoms with Crippen LogP contribution in [0.3, 0.4) is 0 Å². The molecule has 1 N–H and O–H groups in total. The Balaban J connectivity index is 2.54. The Kier molecular flexibility index (Phi) is 2.85. The lowest BCUT2D eigenvalue weighted by atomic mass is 10.3. The van der Waals surface area contributed by atoms with Crippen LogP contribution in [-0.2, 0) is 0 Å². The van der Waals surface area contributed by atoms with E-state index in [4.69, 9.17) is 28.3 Å². The van der Waals surface area contributed by atoms with Crippen molar-refractivity contribution in [2.75, 3.05) is 0 Å². The van der Waals surface area contributed by atoms with Gasteiger partial charge in [0.25, 0.3) is 0 Å². The zero-order chi connectivity index (χ0) is 11.7. The average molecular weight is 257 g/mol. The maximum atomic E-state index is 10.7. The van der Waals surface area contributed by atoms with Crippen LogP contribution in [0.1, 0.15) is 10.4 Å². The van der Waals surface area contributed by atoms with Crippen molar-refractivity contribution in [3.8, 4) is 5.69 Å². The van der Waals surface area contributed by atoms with Gasteiger partial charge in [-0.05, 0) is 12.1 Å². The summed E-state index contributed by atoms with van der Waals surface area (Å²) in [5, 5.41) is 13.5. The van der Waals surface area contributed by atoms with E-state index in [1.54, 1.807) is 18.2 Å². The van der Waals surface area contributed by atoms with Crippen molar-refractivity contribution in [2.45, 2.75) is 0 Å². The molecule has 0 radical (unpaired) electrons. The number of carboxylic acids is 1. The van der Waals surface area contributed by atoms with E-state index in [-0.39, 0.29) is 5.56 Å². The molecule has 0 unspecified atom stereocenters. The number of aromatic carboxylic acids is 1. The van der Waals surface area contributed by atoms with Crippen LogP contribution in [0.25, 0.3) is 5.69 Å². The number of carboxylic acid groups (broad SMARTS) is 1. The summed E-state index contributed by atoms with van der Waals surface area (Å²) in [5.41, 5.74) is 0.550. The first-order valence-corrected chi connectivity index (χ1v) is 5.07. The molecule has 0 aliphatic carbocycles. The summed E-state index contributed by atoms with van der Waals surface area (Å²) in [4.78, 5) is 10.7. The molecule has 1 aromatic heterocycles. The molecule has 6 heteroatoms. The highest BCUT2D eigenvalue weighted by Gasteiger charge is 2.11. The first-order valence-electron chi connectivity index (χ1n) is 4.32. The van der Waals surface area contributed by atoms with Crippen LogP contribution in [0.2, 0.25) is 10.0 Å². The molecular formula is C10H6Cl2N2O2. The number of aromatic nitrogens is 2. The molecule has 0 fully saturated rings. The lowest BCUT2D eigenvalue weighted by Gasteiger charge is -2.05. The van der Waals surface area contributed by atoms with E-state index in [1.165, 1.54) is 17.1 Å². The van der Waals surface area contributed by atoms with Gasteiger partial charge in [0, 0.05) is 6.20 Å². The van der Waals surface area contributed by atoms with Gasteiger partial charge in [-0.3, -0.25) is 0 Å². The Morgan fingerprint density at radius 2 is 1.94 bits per heavy atom. The normalized spacial score (nSPS) is 10.4. The van der Waals surface area contributed by atoms with Gasteiger partial charge in [-0.25, -0.2) is 9.48 Å². The lowest BCUT2D eigenvalue weighted by Crippen LogP contribution is -1.97. The number of rotatable bonds is 2. The molecule has 2 aromatic rings. The summed E-state index contributed by atoms with van der Waals surface area (Å²) in [6.45, 7) is 0. The molecule has 0 aliphatic rings. The maximum Gasteiger partial charge on any atom is 0.338 e. The third-order valence-electron chi connectivity index (χ3n) is 2.00. The third-order valence-corrected chi connectivity index (χ3v) is 2.61. The van der Waals surface area contributed by atoms with Crippen molar-refractivity contribution in [2.24, 2.45) is 0 Å². The molecule has 2 rings (SSSR count). The number of hydrogen-bond acceptors (Lipinski definition) is 2. The number of para-hydroxylation sites is 1. The van der Waals surface area contributed by atoms with Crippen molar-refractivity contribution in [1.29, 1.82) is 0 Å². The molecule has 16 heavy (non-hydrogen) atoms. The highest BCUT2D eigenvalue weighted by molar-refractivity contribution is 6.37. The van der Waals surface area contributed by atoms with E-state index >= 15 is 0 Å². The summed E-state index contributed by atoms with van der Waals surface area (Å²) in [7, 11) is 0. The molecule has 0 bridgehead atoms. The smallest absolute Gasteiger partial charge is 0.338 e. The molecule has 0 saturated heterocycles. The van der Waals surface area contributed by atoms with Gasteiger partial charge in [0.2, 0.25) is 0 Å². The van der Waals surface area contributed by atoms with Gasteiger partial charge in [0.05, 0.1) is 21.8 Å². The third kappa shape index (κ3) is 1.89. The summed E-state index contributed by atoms with van der Waals surface area (Å²) >= 11 is 11.9. The Bertz CT molecular complexity index is 531. The summed E-state index contributed by atoms with van der Waals surface area (Å²) in [6, 6.07) is 5.02. The molecule has 0 saturated carbocycles. The van der Waals surface area contributed by atoms with Crippen LogP contribution in [-0.4, -0.2) is 20.9 Å². The predicted octanol–water partition coefficient (Wildman–Crippen LogP) is 2.88. The fraction of sp³-hybridized carbons (Fsp3) is 0. The number of hydrogen-bond donors (Lipinski definition) is 1. The van der Waals surface area contributed by atoms with Gasteiger partial charge in [-0.1, -0.05) is 29.3 Å². The van der Waals surface area contributed by atoms with E-state index in [0.29, 0.717) is 15.7 Å². The Morgan fingerprint density at radius 1 is 1.31 bits per heavy atom. The topological polar surface area (TPSA) is 55.1 Å². The van der Waals surface area contributed by atoms with Crippen LogP contribution < -0.4 is 0 Å². The molecule has 0 aliphatic heterocycles. The van der Waals surface area contributed by atoms with Crippen LogP contribution in [0.5, 0.6) is 0 Å². The minimum Gasteiger partial charge on any atom is -0.478 e. The van der Waals surface area contributed by atoms with Crippen molar-refractivity contribution < 1.29 is 9.90 Å². The average Bonchev–Trinajstić information content (AvgIpc) is 2.66. The summed E-state index contributed by atoms with van der Waals surface area (Å²) in [6.07, 6.45) is 2.59. The van der Waals surface area contributed by atoms with Crippen LogP contribution in [0.4, 0.5) is 0 Å². The van der Waals surface area contributed by atoms with Crippen molar-refractivity contribution in [3.05, 3.63) is 46.2 Å². The number of halogens is 2. The highest BCUT2D eigenvalue weighted by Crippen LogP contribution is 2.27. The second kappa shape index (κ2) is 4.15. The van der Waals surface area contributed by atoms with Crippen LogP contribution in [0.15, 0.2) is 30.6 Å². The fourth-order valence-corrected chi connectivity index (χ4v) is 1.83. The van der Waals surface area contributed by atoms with Gasteiger partial charge in [0.15, 0.2) is 0 Å². The largest absolute Gasteiger partial charge is 0.478 e. The van der Waals surface area contributed by atoms with Crippen LogP contribution in [0, 0.1) is 0 Å². The van der Waals surface area contributed by atoms with Gasteiger partial charge >= 0.3 is 5.97 Å². The fourth-order valence-electron chi connectivity index (χ4n) is 1.26. The molecule has 1 aromatic carbocycles. The molecule has 0 atom stereocenters. The minimum absolute atomic E-state index is 0.0796. The quantitative estimate of drug-likeness (QED) is 0.899. The van der Waals surface area contributed by atoms with Gasteiger partial charge < -0.3 is 5.11 Å². The lowest BCUT2D eigenvalue weighted by molar-refractivity contribution is 0.0697. The SMILES string of the molecule is O=C(O)c1cnn(-c2c(Cl)cccc2Cl)c1. The second-order valence-electron chi connectivity index (χ2n) is 3.05. The van der Waals surface area contributed by atoms with Crippen molar-refractivity contribution in [3.63, 3.8) is 0 Å². The van der Waals surface area contributed by atoms with E-state index in [9.17, 15) is 4.79 Å². The standard InChI is InChI=1S/C10H6Cl2N2O2/c11-7-2-1-3-8(12)9(7)14-5-6(4-13-14)10(15)16/h1-5H,(H,15,16). The monoisotopic (exact) mass is 256 g/mol. The van der Waals surface area contributed by atoms with E-state index < -0.39 is 5.97 Å². The predicted molar refractivity (Wildman–Crippen MR) is 60.5 cm³/mol. The van der Waals surface area contributed by atoms with Crippen LogP contribution >= 0.6 is 23.2 Å². The van der Waals surface area contributed by atoms with E-state index in [0.717, 1.165) is 0 Å². The molecule has 1 heterocycles. The Hall–Kier alpha value is -1.52. The minimum atomic E-state index is -1.05. The molecular weight excluding hydrogens is 251 g/mol.